The molecule has 1 amide bonds. The fraction of sp³-hybridized carbons (Fsp3) is 0.931. The first-order valence-electron chi connectivity index (χ1n) is 36.1. The quantitative estimate of drug-likeness (QED) is 0.0261. The van der Waals surface area contributed by atoms with Gasteiger partial charge in [-0.2, -0.15) is 0 Å². The third-order valence-electron chi connectivity index (χ3n) is 17.5. The molecule has 7 unspecified atom stereocenters. The molecule has 0 radical (unpaired) electrons. The van der Waals surface area contributed by atoms with Crippen LogP contribution in [-0.4, -0.2) is 87.5 Å². The fourth-order valence-electron chi connectivity index (χ4n) is 11.9. The van der Waals surface area contributed by atoms with Crippen LogP contribution in [0.2, 0.25) is 0 Å². The lowest BCUT2D eigenvalue weighted by atomic mass is 9.99. The second-order valence-corrected chi connectivity index (χ2v) is 25.4. The summed E-state index contributed by atoms with van der Waals surface area (Å²) in [6, 6.07) is -0.820. The topological polar surface area (TPSA) is 149 Å². The van der Waals surface area contributed by atoms with Crippen LogP contribution in [0.4, 0.5) is 0 Å². The molecule has 0 aromatic rings. The van der Waals surface area contributed by atoms with Gasteiger partial charge in [0.05, 0.1) is 25.4 Å². The minimum atomic E-state index is -1.57. The smallest absolute Gasteiger partial charge is 0.220 e. The third-order valence-corrected chi connectivity index (χ3v) is 17.5. The van der Waals surface area contributed by atoms with Gasteiger partial charge in [0.15, 0.2) is 6.29 Å². The highest BCUT2D eigenvalue weighted by molar-refractivity contribution is 5.76. The van der Waals surface area contributed by atoms with Crippen molar-refractivity contribution in [3.05, 3.63) is 24.3 Å². The summed E-state index contributed by atoms with van der Waals surface area (Å²) in [6.45, 7) is 3.82. The molecule has 480 valence electrons. The predicted molar refractivity (Wildman–Crippen MR) is 346 cm³/mol. The number of nitrogens with one attached hydrogen (secondary N) is 1. The number of rotatable bonds is 64. The number of hydrogen-bond acceptors (Lipinski definition) is 8. The molecule has 9 nitrogen and oxygen atoms in total. The van der Waals surface area contributed by atoms with Crippen LogP contribution in [0.15, 0.2) is 24.3 Å². The maximum Gasteiger partial charge on any atom is 0.220 e. The Morgan fingerprint density at radius 1 is 0.407 bits per heavy atom. The van der Waals surface area contributed by atoms with Crippen molar-refractivity contribution < 1.29 is 39.8 Å². The lowest BCUT2D eigenvalue weighted by Crippen LogP contribution is -2.60. The van der Waals surface area contributed by atoms with Crippen molar-refractivity contribution in [1.29, 1.82) is 0 Å². The van der Waals surface area contributed by atoms with Crippen LogP contribution in [0, 0.1) is 0 Å². The molecule has 7 atom stereocenters. The Labute approximate surface area is 502 Å². The lowest BCUT2D eigenvalue weighted by molar-refractivity contribution is -0.302. The van der Waals surface area contributed by atoms with Crippen LogP contribution in [0.5, 0.6) is 0 Å². The average Bonchev–Trinajstić information content (AvgIpc) is 3.49. The minimum absolute atomic E-state index is 0.178. The number of carbonyl (C=O) groups is 1. The van der Waals surface area contributed by atoms with Crippen molar-refractivity contribution in [2.24, 2.45) is 0 Å². The zero-order valence-electron chi connectivity index (χ0n) is 53.8. The van der Waals surface area contributed by atoms with Gasteiger partial charge < -0.3 is 40.3 Å². The molecule has 0 aromatic heterocycles. The van der Waals surface area contributed by atoms with E-state index < -0.39 is 49.5 Å². The van der Waals surface area contributed by atoms with Crippen molar-refractivity contribution in [3.63, 3.8) is 0 Å². The van der Waals surface area contributed by atoms with Crippen LogP contribution in [0.1, 0.15) is 373 Å². The number of amides is 1. The van der Waals surface area contributed by atoms with Gasteiger partial charge in [0.25, 0.3) is 0 Å². The van der Waals surface area contributed by atoms with Gasteiger partial charge >= 0.3 is 0 Å². The Morgan fingerprint density at radius 3 is 1.04 bits per heavy atom. The van der Waals surface area contributed by atoms with Gasteiger partial charge in [-0.1, -0.05) is 359 Å². The number of carbonyl (C=O) groups excluding carboxylic acids is 1. The molecule has 6 N–H and O–H groups in total. The molecule has 81 heavy (non-hydrogen) atoms. The molecular weight excluding hydrogens is 1010 g/mol. The molecule has 1 fully saturated rings. The number of allylic oxidation sites excluding steroid dienone is 3. The monoisotopic (exact) mass is 1150 g/mol. The van der Waals surface area contributed by atoms with E-state index in [2.05, 4.69) is 31.3 Å². The van der Waals surface area contributed by atoms with Crippen LogP contribution in [-0.2, 0) is 14.3 Å². The largest absolute Gasteiger partial charge is 0.394 e. The van der Waals surface area contributed by atoms with Gasteiger partial charge in [0.2, 0.25) is 5.91 Å². The Balaban J connectivity index is 2.08. The summed E-state index contributed by atoms with van der Waals surface area (Å²) in [5, 5.41) is 54.7. The molecule has 1 aliphatic rings. The van der Waals surface area contributed by atoms with E-state index in [0.717, 1.165) is 38.5 Å². The molecule has 0 spiro atoms. The van der Waals surface area contributed by atoms with Crippen molar-refractivity contribution in [2.75, 3.05) is 13.2 Å². The summed E-state index contributed by atoms with van der Waals surface area (Å²) in [6.07, 6.45) is 74.5. The van der Waals surface area contributed by atoms with Crippen molar-refractivity contribution >= 4 is 5.91 Å². The van der Waals surface area contributed by atoms with Gasteiger partial charge in [0.1, 0.15) is 24.4 Å². The molecular formula is C72H139NO8. The highest BCUT2D eigenvalue weighted by Gasteiger charge is 2.44. The first-order valence-corrected chi connectivity index (χ1v) is 36.1. The van der Waals surface area contributed by atoms with E-state index in [1.807, 2.05) is 6.08 Å². The molecule has 0 aromatic carbocycles. The molecule has 0 aliphatic carbocycles. The Kier molecular flexibility index (Phi) is 59.2. The summed E-state index contributed by atoms with van der Waals surface area (Å²) < 4.78 is 11.3. The lowest BCUT2D eigenvalue weighted by Gasteiger charge is -2.40. The molecule has 0 bridgehead atoms. The highest BCUT2D eigenvalue weighted by atomic mass is 16.7. The van der Waals surface area contributed by atoms with Gasteiger partial charge in [0, 0.05) is 6.42 Å². The molecule has 0 saturated carbocycles. The number of unbranched alkanes of at least 4 members (excludes halogenated alkanes) is 52. The standard InChI is InChI=1S/C72H139NO8/c1-3-5-7-9-11-13-15-17-19-21-23-25-27-28-29-30-31-32-33-34-35-36-37-38-39-40-42-44-46-48-50-52-54-56-58-60-62-68(76)73-65(64-80-72-71(79)70(78)69(77)67(63-74)81-72)66(75)61-59-57-55-53-51-49-47-45-43-41-26-24-22-20-18-16-14-12-10-8-6-4-2/h51,53,59,61,65-67,69-72,74-75,77-79H,3-50,52,54-58,60,62-64H2,1-2H3,(H,73,76)/b53-51+,61-59+. The molecule has 9 heteroatoms. The fourth-order valence-corrected chi connectivity index (χ4v) is 11.9. The Bertz CT molecular complexity index is 1330. The van der Waals surface area contributed by atoms with Gasteiger partial charge in [-0.15, -0.1) is 0 Å². The van der Waals surface area contributed by atoms with Gasteiger partial charge in [-0.3, -0.25) is 4.79 Å². The van der Waals surface area contributed by atoms with E-state index in [9.17, 15) is 30.3 Å². The second kappa shape index (κ2) is 61.7. The molecule has 1 aliphatic heterocycles. The number of aliphatic hydroxyl groups excluding tert-OH is 5. The average molecular weight is 1150 g/mol. The van der Waals surface area contributed by atoms with Crippen LogP contribution < -0.4 is 5.32 Å². The second-order valence-electron chi connectivity index (χ2n) is 25.4. The van der Waals surface area contributed by atoms with Gasteiger partial charge in [-0.05, 0) is 32.1 Å². The maximum atomic E-state index is 13.1. The van der Waals surface area contributed by atoms with E-state index in [0.29, 0.717) is 6.42 Å². The third kappa shape index (κ3) is 50.5. The predicted octanol–water partition coefficient (Wildman–Crippen LogP) is 19.6. The highest BCUT2D eigenvalue weighted by Crippen LogP contribution is 2.24. The maximum absolute atomic E-state index is 13.1. The zero-order chi connectivity index (χ0) is 58.6. The molecule has 1 rings (SSSR count). The molecule has 1 heterocycles. The van der Waals surface area contributed by atoms with E-state index >= 15 is 0 Å². The van der Waals surface area contributed by atoms with Crippen LogP contribution in [0.3, 0.4) is 0 Å². The number of aliphatic hydroxyl groups is 5. The first-order chi connectivity index (χ1) is 39.8. The van der Waals surface area contributed by atoms with Crippen molar-refractivity contribution in [1.82, 2.24) is 5.32 Å². The number of ether oxygens (including phenoxy) is 2. The van der Waals surface area contributed by atoms with Crippen LogP contribution in [0.25, 0.3) is 0 Å². The van der Waals surface area contributed by atoms with E-state index in [1.54, 1.807) is 6.08 Å². The number of hydrogen-bond donors (Lipinski definition) is 6. The van der Waals surface area contributed by atoms with E-state index in [1.165, 1.54) is 315 Å². The Morgan fingerprint density at radius 2 is 0.704 bits per heavy atom. The SMILES string of the molecule is CCCCCCCCCCCCCCCCCC/C=C/CC/C=C/C(O)C(COC1OC(CO)C(O)C(O)C1O)NC(=O)CCCCCCCCCCCCCCCCCCCCCCCCCCCCCCCCCCCCCC. The minimum Gasteiger partial charge on any atom is -0.394 e. The zero-order valence-corrected chi connectivity index (χ0v) is 53.8. The summed E-state index contributed by atoms with van der Waals surface area (Å²) >= 11 is 0. The van der Waals surface area contributed by atoms with Crippen molar-refractivity contribution in [2.45, 2.75) is 416 Å². The van der Waals surface area contributed by atoms with Crippen molar-refractivity contribution in [3.8, 4) is 0 Å². The normalized spacial score (nSPS) is 18.4. The van der Waals surface area contributed by atoms with E-state index in [4.69, 9.17) is 9.47 Å². The summed E-state index contributed by atoms with van der Waals surface area (Å²) in [7, 11) is 0. The van der Waals surface area contributed by atoms with E-state index in [-0.39, 0.29) is 12.5 Å². The first kappa shape index (κ1) is 77.7. The summed E-state index contributed by atoms with van der Waals surface area (Å²) in [5.41, 5.74) is 0. The van der Waals surface area contributed by atoms with Crippen LogP contribution >= 0.6 is 0 Å². The molecule has 1 saturated heterocycles. The summed E-state index contributed by atoms with van der Waals surface area (Å²) in [5.74, 6) is -0.178. The summed E-state index contributed by atoms with van der Waals surface area (Å²) in [4.78, 5) is 13.1. The Hall–Kier alpha value is -1.33. The van der Waals surface area contributed by atoms with Gasteiger partial charge in [-0.25, -0.2) is 0 Å².